The molecular formula is C21H24N4O2. The highest BCUT2D eigenvalue weighted by Gasteiger charge is 2.17. The van der Waals surface area contributed by atoms with Crippen molar-refractivity contribution < 1.29 is 9.59 Å². The molecule has 1 N–H and O–H groups in total. The first kappa shape index (κ1) is 18.6. The van der Waals surface area contributed by atoms with Crippen LogP contribution in [-0.2, 0) is 17.9 Å². The molecule has 0 bridgehead atoms. The molecule has 2 aromatic carbocycles. The van der Waals surface area contributed by atoms with Crippen LogP contribution in [0.25, 0.3) is 11.0 Å². The van der Waals surface area contributed by atoms with Crippen molar-refractivity contribution in [3.8, 4) is 0 Å². The number of aromatic nitrogens is 2. The van der Waals surface area contributed by atoms with Crippen LogP contribution in [0, 0.1) is 0 Å². The summed E-state index contributed by atoms with van der Waals surface area (Å²) in [6, 6.07) is 16.8. The summed E-state index contributed by atoms with van der Waals surface area (Å²) in [6.07, 6.45) is 0. The van der Waals surface area contributed by atoms with E-state index < -0.39 is 0 Å². The van der Waals surface area contributed by atoms with Gasteiger partial charge in [0.05, 0.1) is 17.6 Å². The largest absolute Gasteiger partial charge is 0.345 e. The predicted octanol–water partition coefficient (Wildman–Crippen LogP) is 2.83. The summed E-state index contributed by atoms with van der Waals surface area (Å²) in [5.74, 6) is 0.545. The molecule has 2 amide bonds. The third-order valence-corrected chi connectivity index (χ3v) is 4.59. The predicted molar refractivity (Wildman–Crippen MR) is 105 cm³/mol. The molecule has 0 spiro atoms. The molecule has 0 aliphatic heterocycles. The Morgan fingerprint density at radius 2 is 1.67 bits per heavy atom. The number of nitrogens with zero attached hydrogens (tertiary/aromatic N) is 3. The fourth-order valence-corrected chi connectivity index (χ4v) is 3.10. The maximum Gasteiger partial charge on any atom is 0.251 e. The Bertz CT molecular complexity index is 930. The van der Waals surface area contributed by atoms with E-state index in [4.69, 9.17) is 0 Å². The van der Waals surface area contributed by atoms with Crippen molar-refractivity contribution in [1.29, 1.82) is 0 Å². The second-order valence-corrected chi connectivity index (χ2v) is 6.22. The number of rotatable bonds is 7. The summed E-state index contributed by atoms with van der Waals surface area (Å²) < 4.78 is 1.89. The summed E-state index contributed by atoms with van der Waals surface area (Å²) in [5.41, 5.74) is 2.30. The Morgan fingerprint density at radius 3 is 2.37 bits per heavy atom. The van der Waals surface area contributed by atoms with Gasteiger partial charge in [-0.1, -0.05) is 30.3 Å². The smallest absolute Gasteiger partial charge is 0.251 e. The van der Waals surface area contributed by atoms with Gasteiger partial charge in [-0.05, 0) is 38.1 Å². The SMILES string of the molecule is CCN(CC)C(=O)Cn1c(CNC(=O)c2ccccc2)nc2ccccc21. The molecule has 0 saturated heterocycles. The number of para-hydroxylation sites is 2. The average Bonchev–Trinajstić information content (AvgIpc) is 3.05. The highest BCUT2D eigenvalue weighted by molar-refractivity contribution is 5.94. The molecule has 0 radical (unpaired) electrons. The number of amides is 2. The maximum absolute atomic E-state index is 12.6. The summed E-state index contributed by atoms with van der Waals surface area (Å²) in [6.45, 7) is 5.74. The number of carbonyl (C=O) groups is 2. The molecule has 0 unspecified atom stereocenters. The first-order valence-corrected chi connectivity index (χ1v) is 9.19. The van der Waals surface area contributed by atoms with Crippen molar-refractivity contribution >= 4 is 22.8 Å². The topological polar surface area (TPSA) is 67.2 Å². The molecule has 0 atom stereocenters. The normalized spacial score (nSPS) is 10.7. The van der Waals surface area contributed by atoms with Crippen LogP contribution >= 0.6 is 0 Å². The lowest BCUT2D eigenvalue weighted by atomic mass is 10.2. The van der Waals surface area contributed by atoms with E-state index in [0.717, 1.165) is 11.0 Å². The lowest BCUT2D eigenvalue weighted by molar-refractivity contribution is -0.131. The maximum atomic E-state index is 12.6. The fourth-order valence-electron chi connectivity index (χ4n) is 3.10. The molecule has 6 heteroatoms. The Labute approximate surface area is 158 Å². The summed E-state index contributed by atoms with van der Waals surface area (Å²) in [7, 11) is 0. The van der Waals surface area contributed by atoms with Gasteiger partial charge in [-0.2, -0.15) is 0 Å². The number of imidazole rings is 1. The molecule has 6 nitrogen and oxygen atoms in total. The van der Waals surface area contributed by atoms with Gasteiger partial charge >= 0.3 is 0 Å². The Balaban J connectivity index is 1.84. The van der Waals surface area contributed by atoms with E-state index in [-0.39, 0.29) is 24.9 Å². The van der Waals surface area contributed by atoms with E-state index in [1.807, 2.05) is 60.9 Å². The van der Waals surface area contributed by atoms with E-state index in [0.29, 0.717) is 24.5 Å². The zero-order chi connectivity index (χ0) is 19.2. The second kappa shape index (κ2) is 8.49. The van der Waals surface area contributed by atoms with Gasteiger partial charge in [0.2, 0.25) is 5.91 Å². The lowest BCUT2D eigenvalue weighted by Crippen LogP contribution is -2.34. The van der Waals surface area contributed by atoms with Crippen molar-refractivity contribution in [3.05, 3.63) is 66.0 Å². The Hall–Kier alpha value is -3.15. The molecule has 0 aliphatic carbocycles. The number of hydrogen-bond donors (Lipinski definition) is 1. The molecule has 0 aliphatic rings. The van der Waals surface area contributed by atoms with Crippen LogP contribution in [0.2, 0.25) is 0 Å². The first-order chi connectivity index (χ1) is 13.1. The first-order valence-electron chi connectivity index (χ1n) is 9.19. The van der Waals surface area contributed by atoms with E-state index in [1.165, 1.54) is 0 Å². The minimum absolute atomic E-state index is 0.0405. The van der Waals surface area contributed by atoms with E-state index in [2.05, 4.69) is 10.3 Å². The van der Waals surface area contributed by atoms with Crippen LogP contribution in [0.4, 0.5) is 0 Å². The molecule has 0 fully saturated rings. The summed E-state index contributed by atoms with van der Waals surface area (Å²) in [5, 5.41) is 2.90. The van der Waals surface area contributed by atoms with Gasteiger partial charge in [0.1, 0.15) is 12.4 Å². The monoisotopic (exact) mass is 364 g/mol. The second-order valence-electron chi connectivity index (χ2n) is 6.22. The molecule has 1 heterocycles. The number of carbonyl (C=O) groups excluding carboxylic acids is 2. The number of nitrogens with one attached hydrogen (secondary N) is 1. The van der Waals surface area contributed by atoms with E-state index in [9.17, 15) is 9.59 Å². The molecular weight excluding hydrogens is 340 g/mol. The zero-order valence-corrected chi connectivity index (χ0v) is 15.7. The van der Waals surface area contributed by atoms with Crippen LogP contribution in [0.3, 0.4) is 0 Å². The van der Waals surface area contributed by atoms with Gasteiger partial charge in [0.15, 0.2) is 0 Å². The minimum atomic E-state index is -0.163. The van der Waals surface area contributed by atoms with Crippen molar-refractivity contribution in [2.75, 3.05) is 13.1 Å². The fraction of sp³-hybridized carbons (Fsp3) is 0.286. The van der Waals surface area contributed by atoms with Gasteiger partial charge in [-0.25, -0.2) is 4.98 Å². The van der Waals surface area contributed by atoms with Crippen LogP contribution in [0.15, 0.2) is 54.6 Å². The molecule has 27 heavy (non-hydrogen) atoms. The highest BCUT2D eigenvalue weighted by Crippen LogP contribution is 2.16. The standard InChI is InChI=1S/C21H24N4O2/c1-3-24(4-2)20(26)15-25-18-13-9-8-12-17(18)23-19(25)14-22-21(27)16-10-6-5-7-11-16/h5-13H,3-4,14-15H2,1-2H3,(H,22,27). The molecule has 1 aromatic heterocycles. The van der Waals surface area contributed by atoms with Gasteiger partial charge in [-0.3, -0.25) is 9.59 Å². The van der Waals surface area contributed by atoms with Crippen LogP contribution < -0.4 is 5.32 Å². The number of hydrogen-bond acceptors (Lipinski definition) is 3. The number of fused-ring (bicyclic) bond motifs is 1. The minimum Gasteiger partial charge on any atom is -0.345 e. The molecule has 3 rings (SSSR count). The molecule has 140 valence electrons. The zero-order valence-electron chi connectivity index (χ0n) is 15.7. The van der Waals surface area contributed by atoms with Crippen molar-refractivity contribution in [2.45, 2.75) is 26.9 Å². The third kappa shape index (κ3) is 4.16. The van der Waals surface area contributed by atoms with Gasteiger partial charge < -0.3 is 14.8 Å². The van der Waals surface area contributed by atoms with Gasteiger partial charge in [-0.15, -0.1) is 0 Å². The van der Waals surface area contributed by atoms with Crippen molar-refractivity contribution in [1.82, 2.24) is 19.8 Å². The average molecular weight is 364 g/mol. The molecule has 0 saturated carbocycles. The van der Waals surface area contributed by atoms with Crippen LogP contribution in [0.5, 0.6) is 0 Å². The van der Waals surface area contributed by atoms with Gasteiger partial charge in [0, 0.05) is 18.7 Å². The molecule has 3 aromatic rings. The van der Waals surface area contributed by atoms with Gasteiger partial charge in [0.25, 0.3) is 5.91 Å². The van der Waals surface area contributed by atoms with Crippen molar-refractivity contribution in [2.24, 2.45) is 0 Å². The lowest BCUT2D eigenvalue weighted by Gasteiger charge is -2.20. The Kier molecular flexibility index (Phi) is 5.86. The summed E-state index contributed by atoms with van der Waals surface area (Å²) >= 11 is 0. The summed E-state index contributed by atoms with van der Waals surface area (Å²) in [4.78, 5) is 31.4. The third-order valence-electron chi connectivity index (χ3n) is 4.59. The number of benzene rings is 2. The Morgan fingerprint density at radius 1 is 1.00 bits per heavy atom. The van der Waals surface area contributed by atoms with E-state index in [1.54, 1.807) is 17.0 Å². The van der Waals surface area contributed by atoms with E-state index >= 15 is 0 Å². The quantitative estimate of drug-likeness (QED) is 0.701. The van der Waals surface area contributed by atoms with Crippen LogP contribution in [0.1, 0.15) is 30.0 Å². The van der Waals surface area contributed by atoms with Crippen molar-refractivity contribution in [3.63, 3.8) is 0 Å². The van der Waals surface area contributed by atoms with Crippen LogP contribution in [-0.4, -0.2) is 39.4 Å². The highest BCUT2D eigenvalue weighted by atomic mass is 16.2. The number of likely N-dealkylation sites (N-methyl/N-ethyl adjacent to an activating group) is 1.